The van der Waals surface area contributed by atoms with Gasteiger partial charge in [-0.05, 0) is 83.6 Å². The number of aromatic hydroxyl groups is 2. The lowest BCUT2D eigenvalue weighted by Gasteiger charge is -2.14. The molecule has 52 heavy (non-hydrogen) atoms. The molecule has 17 heteroatoms. The van der Waals surface area contributed by atoms with Gasteiger partial charge in [0.2, 0.25) is 0 Å². The van der Waals surface area contributed by atoms with Crippen LogP contribution in [0.25, 0.3) is 21.5 Å². The fraction of sp³-hybridized carbons (Fsp3) is 0. The Bertz CT molecular complexity index is 2460. The highest BCUT2D eigenvalue weighted by molar-refractivity contribution is 7.86. The number of rotatable bonds is 8. The van der Waals surface area contributed by atoms with Crippen molar-refractivity contribution in [1.29, 1.82) is 0 Å². The number of nitrogens with one attached hydrogen (secondary N) is 4. The van der Waals surface area contributed by atoms with Gasteiger partial charge < -0.3 is 31.5 Å². The molecule has 0 aliphatic carbocycles. The second kappa shape index (κ2) is 13.6. The van der Waals surface area contributed by atoms with E-state index in [1.807, 2.05) is 0 Å². The SMILES string of the molecule is O=C(Nc1ccc(C(=O)Nc2c(S(=O)(=O)O)ccc3cccc(O)c23)cc1)Nc1ccc(C(=O)Nc2c(S(=O)(=O)O)ccc3cccc(O)c23)cc1. The van der Waals surface area contributed by atoms with Crippen molar-refractivity contribution in [2.75, 3.05) is 21.3 Å². The summed E-state index contributed by atoms with van der Waals surface area (Å²) in [6.07, 6.45) is 0. The summed E-state index contributed by atoms with van der Waals surface area (Å²) < 4.78 is 67.6. The van der Waals surface area contributed by atoms with Gasteiger partial charge in [-0.2, -0.15) is 16.8 Å². The molecule has 8 N–H and O–H groups in total. The van der Waals surface area contributed by atoms with Crippen molar-refractivity contribution in [2.45, 2.75) is 9.79 Å². The van der Waals surface area contributed by atoms with Crippen LogP contribution in [0.15, 0.2) is 119 Å². The summed E-state index contributed by atoms with van der Waals surface area (Å²) in [7, 11) is -9.57. The molecule has 0 saturated heterocycles. The summed E-state index contributed by atoms with van der Waals surface area (Å²) in [6, 6.07) is 24.1. The number of benzene rings is 6. The van der Waals surface area contributed by atoms with Crippen LogP contribution >= 0.6 is 0 Å². The quantitative estimate of drug-likeness (QED) is 0.0834. The van der Waals surface area contributed by atoms with Crippen LogP contribution in [-0.2, 0) is 20.2 Å². The lowest BCUT2D eigenvalue weighted by molar-refractivity contribution is 0.101. The van der Waals surface area contributed by atoms with Gasteiger partial charge in [0.05, 0.1) is 11.4 Å². The number of hydrogen-bond acceptors (Lipinski definition) is 9. The average Bonchev–Trinajstić information content (AvgIpc) is 3.08. The summed E-state index contributed by atoms with van der Waals surface area (Å²) >= 11 is 0. The van der Waals surface area contributed by atoms with E-state index in [-0.39, 0.29) is 56.1 Å². The van der Waals surface area contributed by atoms with E-state index in [2.05, 4.69) is 21.3 Å². The van der Waals surface area contributed by atoms with Crippen LogP contribution in [0, 0.1) is 0 Å². The van der Waals surface area contributed by atoms with Crippen molar-refractivity contribution in [3.05, 3.63) is 120 Å². The monoisotopic (exact) mass is 742 g/mol. The smallest absolute Gasteiger partial charge is 0.323 e. The molecule has 0 heterocycles. The van der Waals surface area contributed by atoms with Gasteiger partial charge in [-0.25, -0.2) is 4.79 Å². The number of amides is 4. The van der Waals surface area contributed by atoms with Gasteiger partial charge in [-0.15, -0.1) is 0 Å². The highest BCUT2D eigenvalue weighted by atomic mass is 32.2. The highest BCUT2D eigenvalue weighted by Crippen LogP contribution is 2.38. The zero-order chi connectivity index (χ0) is 37.4. The Labute approximate surface area is 295 Å². The predicted octanol–water partition coefficient (Wildman–Crippen LogP) is 6.05. The van der Waals surface area contributed by atoms with Crippen LogP contribution < -0.4 is 21.3 Å². The van der Waals surface area contributed by atoms with Gasteiger partial charge >= 0.3 is 6.03 Å². The predicted molar refractivity (Wildman–Crippen MR) is 192 cm³/mol. The van der Waals surface area contributed by atoms with E-state index in [0.717, 1.165) is 12.1 Å². The molecule has 0 aliphatic heterocycles. The molecule has 0 atom stereocenters. The maximum absolute atomic E-state index is 13.1. The Morgan fingerprint density at radius 3 is 1.17 bits per heavy atom. The minimum absolute atomic E-state index is 0.00554. The van der Waals surface area contributed by atoms with Crippen LogP contribution in [0.3, 0.4) is 0 Å². The molecule has 4 amide bonds. The fourth-order valence-corrected chi connectivity index (χ4v) is 6.74. The van der Waals surface area contributed by atoms with Crippen LogP contribution in [0.4, 0.5) is 27.5 Å². The molecule has 0 aliphatic rings. The van der Waals surface area contributed by atoms with Gasteiger partial charge in [-0.1, -0.05) is 36.4 Å². The van der Waals surface area contributed by atoms with E-state index < -0.39 is 47.9 Å². The molecule has 0 radical (unpaired) electrons. The van der Waals surface area contributed by atoms with Crippen LogP contribution in [0.1, 0.15) is 20.7 Å². The first-order chi connectivity index (χ1) is 24.6. The van der Waals surface area contributed by atoms with E-state index in [1.165, 1.54) is 84.9 Å². The number of phenolic OH excluding ortho intramolecular Hbond substituents is 2. The number of carbonyl (C=O) groups excluding carboxylic acids is 3. The van der Waals surface area contributed by atoms with Gasteiger partial charge in [0, 0.05) is 33.3 Å². The number of anilines is 4. The van der Waals surface area contributed by atoms with E-state index in [4.69, 9.17) is 0 Å². The molecule has 264 valence electrons. The third-order valence-corrected chi connectivity index (χ3v) is 9.61. The van der Waals surface area contributed by atoms with Crippen molar-refractivity contribution in [3.63, 3.8) is 0 Å². The molecule has 0 unspecified atom stereocenters. The van der Waals surface area contributed by atoms with Gasteiger partial charge in [0.15, 0.2) is 0 Å². The highest BCUT2D eigenvalue weighted by Gasteiger charge is 2.24. The van der Waals surface area contributed by atoms with Crippen molar-refractivity contribution in [2.24, 2.45) is 0 Å². The molecule has 0 spiro atoms. The molecular formula is C35H26N4O11S2. The Morgan fingerprint density at radius 1 is 0.462 bits per heavy atom. The molecule has 0 saturated carbocycles. The van der Waals surface area contributed by atoms with Crippen LogP contribution in [-0.4, -0.2) is 54.0 Å². The van der Waals surface area contributed by atoms with E-state index >= 15 is 0 Å². The first kappa shape index (κ1) is 35.3. The normalized spacial score (nSPS) is 11.6. The Balaban J connectivity index is 1.12. The summed E-state index contributed by atoms with van der Waals surface area (Å²) in [6.45, 7) is 0. The molecule has 6 aromatic carbocycles. The summed E-state index contributed by atoms with van der Waals surface area (Å²) in [5.74, 6) is -2.18. The Morgan fingerprint density at radius 2 is 0.827 bits per heavy atom. The molecule has 6 rings (SSSR count). The first-order valence-corrected chi connectivity index (χ1v) is 17.8. The van der Waals surface area contributed by atoms with Crippen LogP contribution in [0.2, 0.25) is 0 Å². The van der Waals surface area contributed by atoms with Gasteiger partial charge in [-0.3, -0.25) is 18.7 Å². The second-order valence-corrected chi connectivity index (χ2v) is 14.0. The van der Waals surface area contributed by atoms with E-state index in [9.17, 15) is 50.5 Å². The average molecular weight is 743 g/mol. The van der Waals surface area contributed by atoms with Crippen molar-refractivity contribution in [1.82, 2.24) is 0 Å². The lowest BCUT2D eigenvalue weighted by atomic mass is 10.1. The molecule has 6 aromatic rings. The van der Waals surface area contributed by atoms with Gasteiger partial charge in [0.25, 0.3) is 32.1 Å². The lowest BCUT2D eigenvalue weighted by Crippen LogP contribution is -2.20. The standard InChI is InChI=1S/C35H26N4O11S2/c40-25-5-1-3-19-11-17-27(51(45,46)47)31(29(19)25)38-33(42)21-7-13-23(14-8-21)36-35(44)37-24-15-9-22(10-16-24)34(43)39-32-28(52(48,49)50)18-12-20-4-2-6-26(41)30(20)32/h1-18,40-41H,(H,38,42)(H,39,43)(H2,36,37,44)(H,45,46,47)(H,48,49,50). The summed E-state index contributed by atoms with van der Waals surface area (Å²) in [5, 5.41) is 31.6. The van der Waals surface area contributed by atoms with Crippen molar-refractivity contribution < 1.29 is 50.5 Å². The molecular weight excluding hydrogens is 717 g/mol. The topological polar surface area (TPSA) is 249 Å². The minimum Gasteiger partial charge on any atom is -0.507 e. The number of phenols is 2. The van der Waals surface area contributed by atoms with E-state index in [0.29, 0.717) is 10.8 Å². The molecule has 0 aromatic heterocycles. The van der Waals surface area contributed by atoms with E-state index in [1.54, 1.807) is 12.1 Å². The van der Waals surface area contributed by atoms with Crippen LogP contribution in [0.5, 0.6) is 11.5 Å². The first-order valence-electron chi connectivity index (χ1n) is 15.0. The minimum atomic E-state index is -4.79. The number of urea groups is 1. The summed E-state index contributed by atoms with van der Waals surface area (Å²) in [5.41, 5.74) is -0.00128. The zero-order valence-corrected chi connectivity index (χ0v) is 28.0. The maximum atomic E-state index is 13.1. The molecule has 15 nitrogen and oxygen atoms in total. The maximum Gasteiger partial charge on any atom is 0.323 e. The summed E-state index contributed by atoms with van der Waals surface area (Å²) in [4.78, 5) is 37.6. The number of hydrogen-bond donors (Lipinski definition) is 8. The Hall–Kier alpha value is -6.53. The van der Waals surface area contributed by atoms with Crippen molar-refractivity contribution >= 4 is 82.4 Å². The number of carbonyl (C=O) groups is 3. The molecule has 0 bridgehead atoms. The molecule has 0 fully saturated rings. The third-order valence-electron chi connectivity index (χ3n) is 7.81. The zero-order valence-electron chi connectivity index (χ0n) is 26.4. The van der Waals surface area contributed by atoms with Gasteiger partial charge in [0.1, 0.15) is 21.3 Å². The van der Waals surface area contributed by atoms with Crippen molar-refractivity contribution in [3.8, 4) is 11.5 Å². The Kier molecular flexibility index (Phi) is 9.26. The fourth-order valence-electron chi connectivity index (χ4n) is 5.43. The number of fused-ring (bicyclic) bond motifs is 2. The largest absolute Gasteiger partial charge is 0.507 e. The third kappa shape index (κ3) is 7.32. The second-order valence-electron chi connectivity index (χ2n) is 11.2.